The van der Waals surface area contributed by atoms with Crippen molar-refractivity contribution in [3.63, 3.8) is 0 Å². The summed E-state index contributed by atoms with van der Waals surface area (Å²) in [5, 5.41) is 0. The minimum atomic E-state index is -3.07. The van der Waals surface area contributed by atoms with E-state index in [4.69, 9.17) is 5.73 Å². The summed E-state index contributed by atoms with van der Waals surface area (Å²) < 4.78 is 21.4. The Kier molecular flexibility index (Phi) is 4.89. The van der Waals surface area contributed by atoms with Crippen molar-refractivity contribution in [1.82, 2.24) is 5.48 Å². The van der Waals surface area contributed by atoms with Crippen LogP contribution in [0.4, 0.5) is 0 Å². The van der Waals surface area contributed by atoms with E-state index < -0.39 is 21.8 Å². The third kappa shape index (κ3) is 6.50. The molecule has 13 heavy (non-hydrogen) atoms. The monoisotopic (exact) mass is 210 g/mol. The Labute approximate surface area is 77.3 Å². The molecule has 0 fully saturated rings. The summed E-state index contributed by atoms with van der Waals surface area (Å²) in [6.07, 6.45) is 1.18. The normalized spacial score (nSPS) is 13.8. The lowest BCUT2D eigenvalue weighted by molar-refractivity contribution is -0.132. The third-order valence-electron chi connectivity index (χ3n) is 1.34. The average molecular weight is 210 g/mol. The lowest BCUT2D eigenvalue weighted by Gasteiger charge is -2.09. The highest BCUT2D eigenvalue weighted by atomic mass is 32.2. The van der Waals surface area contributed by atoms with Gasteiger partial charge in [-0.2, -0.15) is 0 Å². The molecule has 0 aliphatic carbocycles. The fourth-order valence-corrected chi connectivity index (χ4v) is 1.33. The molecule has 0 aliphatic rings. The van der Waals surface area contributed by atoms with Crippen LogP contribution in [0, 0.1) is 0 Å². The molecular formula is C6H14N2O4S. The first-order valence-electron chi connectivity index (χ1n) is 3.63. The molecule has 0 rings (SSSR count). The molecule has 0 saturated carbocycles. The summed E-state index contributed by atoms with van der Waals surface area (Å²) in [5.41, 5.74) is 7.38. The van der Waals surface area contributed by atoms with Crippen molar-refractivity contribution >= 4 is 15.7 Å². The second kappa shape index (κ2) is 5.15. The van der Waals surface area contributed by atoms with E-state index in [1.807, 2.05) is 5.48 Å². The van der Waals surface area contributed by atoms with Crippen LogP contribution in [-0.2, 0) is 19.5 Å². The van der Waals surface area contributed by atoms with Gasteiger partial charge in [0.15, 0.2) is 0 Å². The Morgan fingerprint density at radius 2 is 2.15 bits per heavy atom. The smallest absolute Gasteiger partial charge is 0.260 e. The number of hydrogen-bond donors (Lipinski definition) is 2. The molecule has 78 valence electrons. The topological polar surface area (TPSA) is 98.5 Å². The van der Waals surface area contributed by atoms with E-state index in [9.17, 15) is 13.2 Å². The Morgan fingerprint density at radius 3 is 2.54 bits per heavy atom. The van der Waals surface area contributed by atoms with Crippen LogP contribution >= 0.6 is 0 Å². The van der Waals surface area contributed by atoms with Crippen molar-refractivity contribution in [2.45, 2.75) is 12.5 Å². The fourth-order valence-electron chi connectivity index (χ4n) is 0.648. The Morgan fingerprint density at radius 1 is 1.62 bits per heavy atom. The standard InChI is InChI=1S/C6H14N2O4S/c1-12-8-6(9)5(7)3-4-13(2,10)11/h5H,3-4,7H2,1-2H3,(H,8,9). The minimum Gasteiger partial charge on any atom is -0.320 e. The SMILES string of the molecule is CONC(=O)C(N)CCS(C)(=O)=O. The van der Waals surface area contributed by atoms with Crippen molar-refractivity contribution in [1.29, 1.82) is 0 Å². The second-order valence-corrected chi connectivity index (χ2v) is 4.96. The lowest BCUT2D eigenvalue weighted by Crippen LogP contribution is -2.41. The summed E-state index contributed by atoms with van der Waals surface area (Å²) in [4.78, 5) is 15.2. The molecule has 3 N–H and O–H groups in total. The molecule has 0 heterocycles. The van der Waals surface area contributed by atoms with Gasteiger partial charge in [0.05, 0.1) is 18.9 Å². The van der Waals surface area contributed by atoms with Crippen molar-refractivity contribution in [2.24, 2.45) is 5.73 Å². The summed E-state index contributed by atoms with van der Waals surface area (Å²) >= 11 is 0. The van der Waals surface area contributed by atoms with Crippen molar-refractivity contribution in [3.8, 4) is 0 Å². The largest absolute Gasteiger partial charge is 0.320 e. The van der Waals surface area contributed by atoms with Gasteiger partial charge in [-0.1, -0.05) is 0 Å². The van der Waals surface area contributed by atoms with Gasteiger partial charge in [0.1, 0.15) is 9.84 Å². The zero-order valence-electron chi connectivity index (χ0n) is 7.61. The summed E-state index contributed by atoms with van der Waals surface area (Å²) in [7, 11) is -1.79. The van der Waals surface area contributed by atoms with Crippen LogP contribution in [0.3, 0.4) is 0 Å². The molecular weight excluding hydrogens is 196 g/mol. The van der Waals surface area contributed by atoms with Crippen LogP contribution in [-0.4, -0.2) is 39.5 Å². The van der Waals surface area contributed by atoms with Crippen LogP contribution in [0.2, 0.25) is 0 Å². The Balaban J connectivity index is 3.88. The second-order valence-electron chi connectivity index (χ2n) is 2.70. The van der Waals surface area contributed by atoms with Gasteiger partial charge in [0, 0.05) is 6.26 Å². The Hall–Kier alpha value is -0.660. The molecule has 0 radical (unpaired) electrons. The van der Waals surface area contributed by atoms with Crippen molar-refractivity contribution in [3.05, 3.63) is 0 Å². The first-order valence-corrected chi connectivity index (χ1v) is 5.69. The van der Waals surface area contributed by atoms with E-state index in [2.05, 4.69) is 4.84 Å². The van der Waals surface area contributed by atoms with Gasteiger partial charge >= 0.3 is 0 Å². The molecule has 0 saturated heterocycles. The number of amides is 1. The molecule has 7 heteroatoms. The zero-order chi connectivity index (χ0) is 10.5. The first-order chi connectivity index (χ1) is 5.87. The van der Waals surface area contributed by atoms with Gasteiger partial charge < -0.3 is 5.73 Å². The maximum Gasteiger partial charge on any atom is 0.260 e. The highest BCUT2D eigenvalue weighted by Gasteiger charge is 2.15. The number of rotatable bonds is 5. The Bertz CT molecular complexity index is 262. The summed E-state index contributed by atoms with van der Waals surface area (Å²) in [6, 6.07) is -0.852. The van der Waals surface area contributed by atoms with E-state index in [0.717, 1.165) is 6.26 Å². The van der Waals surface area contributed by atoms with Crippen LogP contribution < -0.4 is 11.2 Å². The predicted molar refractivity (Wildman–Crippen MR) is 47.5 cm³/mol. The van der Waals surface area contributed by atoms with E-state index in [1.165, 1.54) is 7.11 Å². The maximum atomic E-state index is 10.9. The van der Waals surface area contributed by atoms with Crippen LogP contribution in [0.15, 0.2) is 0 Å². The fraction of sp³-hybridized carbons (Fsp3) is 0.833. The molecule has 1 unspecified atom stereocenters. The molecule has 1 amide bonds. The van der Waals surface area contributed by atoms with Crippen LogP contribution in [0.5, 0.6) is 0 Å². The van der Waals surface area contributed by atoms with E-state index in [-0.39, 0.29) is 12.2 Å². The van der Waals surface area contributed by atoms with Crippen molar-refractivity contribution in [2.75, 3.05) is 19.1 Å². The highest BCUT2D eigenvalue weighted by Crippen LogP contribution is 1.93. The predicted octanol–water partition coefficient (Wildman–Crippen LogP) is -1.57. The van der Waals surface area contributed by atoms with Gasteiger partial charge in [0.2, 0.25) is 0 Å². The van der Waals surface area contributed by atoms with E-state index in [0.29, 0.717) is 0 Å². The number of nitrogens with two attached hydrogens (primary N) is 1. The quantitative estimate of drug-likeness (QED) is 0.534. The number of hydroxylamine groups is 1. The molecule has 0 bridgehead atoms. The van der Waals surface area contributed by atoms with Gasteiger partial charge in [-0.15, -0.1) is 0 Å². The number of hydrogen-bond acceptors (Lipinski definition) is 5. The third-order valence-corrected chi connectivity index (χ3v) is 2.32. The summed E-state index contributed by atoms with van der Waals surface area (Å²) in [5.74, 6) is -0.628. The van der Waals surface area contributed by atoms with Gasteiger partial charge in [-0.05, 0) is 6.42 Å². The zero-order valence-corrected chi connectivity index (χ0v) is 8.43. The van der Waals surface area contributed by atoms with E-state index >= 15 is 0 Å². The maximum absolute atomic E-state index is 10.9. The minimum absolute atomic E-state index is 0.0913. The number of carbonyl (C=O) groups is 1. The van der Waals surface area contributed by atoms with Crippen LogP contribution in [0.25, 0.3) is 0 Å². The molecule has 0 aromatic rings. The number of sulfone groups is 1. The first kappa shape index (κ1) is 12.3. The molecule has 0 spiro atoms. The summed E-state index contributed by atoms with van der Waals surface area (Å²) in [6.45, 7) is 0. The lowest BCUT2D eigenvalue weighted by atomic mass is 10.2. The van der Waals surface area contributed by atoms with E-state index in [1.54, 1.807) is 0 Å². The highest BCUT2D eigenvalue weighted by molar-refractivity contribution is 7.90. The molecule has 1 atom stereocenters. The van der Waals surface area contributed by atoms with Gasteiger partial charge in [-0.3, -0.25) is 9.63 Å². The molecule has 0 aromatic carbocycles. The average Bonchev–Trinajstić information content (AvgIpc) is 1.99. The molecule has 6 nitrogen and oxygen atoms in total. The van der Waals surface area contributed by atoms with Crippen LogP contribution in [0.1, 0.15) is 6.42 Å². The van der Waals surface area contributed by atoms with Crippen molar-refractivity contribution < 1.29 is 18.0 Å². The molecule has 0 aliphatic heterocycles. The molecule has 0 aromatic heterocycles. The number of carbonyl (C=O) groups excluding carboxylic acids is 1. The van der Waals surface area contributed by atoms with Gasteiger partial charge in [0.25, 0.3) is 5.91 Å². The van der Waals surface area contributed by atoms with Gasteiger partial charge in [-0.25, -0.2) is 13.9 Å². The number of nitrogens with one attached hydrogen (secondary N) is 1.